The Bertz CT molecular complexity index is 402. The van der Waals surface area contributed by atoms with E-state index in [-0.39, 0.29) is 0 Å². The molecule has 0 aromatic heterocycles. The van der Waals surface area contributed by atoms with Gasteiger partial charge < -0.3 is 5.11 Å². The molecule has 1 aliphatic rings. The van der Waals surface area contributed by atoms with Crippen molar-refractivity contribution in [3.8, 4) is 0 Å². The molecule has 0 unspecified atom stereocenters. The largest absolute Gasteiger partial charge is 0.416 e. The van der Waals surface area contributed by atoms with Crippen LogP contribution in [0.1, 0.15) is 49.7 Å². The van der Waals surface area contributed by atoms with Gasteiger partial charge in [-0.15, -0.1) is 0 Å². The molecular weight excluding hydrogens is 253 g/mol. The van der Waals surface area contributed by atoms with Gasteiger partial charge in [-0.25, -0.2) is 0 Å². The monoisotopic (exact) mass is 272 g/mol. The number of halogens is 3. The average molecular weight is 272 g/mol. The van der Waals surface area contributed by atoms with E-state index in [1.807, 2.05) is 0 Å². The number of hydrogen-bond donors (Lipinski definition) is 1. The van der Waals surface area contributed by atoms with E-state index in [2.05, 4.69) is 0 Å². The second-order valence-corrected chi connectivity index (χ2v) is 5.48. The maximum atomic E-state index is 12.4. The topological polar surface area (TPSA) is 20.2 Å². The zero-order valence-electron chi connectivity index (χ0n) is 10.8. The Morgan fingerprint density at radius 2 is 1.58 bits per heavy atom. The van der Waals surface area contributed by atoms with Crippen molar-refractivity contribution in [2.45, 2.75) is 56.7 Å². The van der Waals surface area contributed by atoms with Crippen molar-refractivity contribution in [2.24, 2.45) is 0 Å². The maximum Gasteiger partial charge on any atom is 0.416 e. The summed E-state index contributed by atoms with van der Waals surface area (Å²) in [5.41, 5.74) is -0.374. The lowest BCUT2D eigenvalue weighted by Gasteiger charge is -2.32. The minimum Gasteiger partial charge on any atom is -0.390 e. The van der Waals surface area contributed by atoms with E-state index in [4.69, 9.17) is 0 Å². The van der Waals surface area contributed by atoms with E-state index >= 15 is 0 Å². The van der Waals surface area contributed by atoms with Crippen molar-refractivity contribution >= 4 is 0 Å². The van der Waals surface area contributed by atoms with Gasteiger partial charge in [0, 0.05) is 0 Å². The fraction of sp³-hybridized carbons (Fsp3) is 0.600. The molecule has 1 aliphatic carbocycles. The number of rotatable bonds is 3. The van der Waals surface area contributed by atoms with Crippen LogP contribution in [0.2, 0.25) is 0 Å². The molecule has 0 aliphatic heterocycles. The van der Waals surface area contributed by atoms with E-state index in [9.17, 15) is 18.3 Å². The molecule has 2 rings (SSSR count). The molecule has 0 heterocycles. The van der Waals surface area contributed by atoms with E-state index in [0.29, 0.717) is 12.8 Å². The Balaban J connectivity index is 1.93. The van der Waals surface area contributed by atoms with E-state index in [1.165, 1.54) is 18.6 Å². The standard InChI is InChI=1S/C15H19F3O/c16-15(17,18)13-6-4-12(5-7-13)8-11-14(19)9-2-1-3-10-14/h4-7,19H,1-3,8-11H2. The SMILES string of the molecule is OC1(CCc2ccc(C(F)(F)F)cc2)CCCCC1. The number of alkyl halides is 3. The molecule has 0 atom stereocenters. The summed E-state index contributed by atoms with van der Waals surface area (Å²) in [5, 5.41) is 10.3. The molecule has 1 nitrogen and oxygen atoms in total. The number of aliphatic hydroxyl groups is 1. The Labute approximate surface area is 111 Å². The van der Waals surface area contributed by atoms with Crippen molar-refractivity contribution in [3.63, 3.8) is 0 Å². The predicted octanol–water partition coefficient (Wildman–Crippen LogP) is 4.33. The normalized spacial score (nSPS) is 19.4. The van der Waals surface area contributed by atoms with Gasteiger partial charge in [0.15, 0.2) is 0 Å². The van der Waals surface area contributed by atoms with Gasteiger partial charge in [0.1, 0.15) is 0 Å². The minimum absolute atomic E-state index is 0.610. The van der Waals surface area contributed by atoms with Crippen LogP contribution in [0.3, 0.4) is 0 Å². The number of aryl methyl sites for hydroxylation is 1. The molecule has 1 saturated carbocycles. The average Bonchev–Trinajstić information content (AvgIpc) is 2.37. The van der Waals surface area contributed by atoms with Crippen LogP contribution in [0.15, 0.2) is 24.3 Å². The first kappa shape index (κ1) is 14.4. The third kappa shape index (κ3) is 3.96. The fourth-order valence-electron chi connectivity index (χ4n) is 2.70. The van der Waals surface area contributed by atoms with Crippen LogP contribution < -0.4 is 0 Å². The van der Waals surface area contributed by atoms with E-state index in [0.717, 1.165) is 43.4 Å². The highest BCUT2D eigenvalue weighted by Gasteiger charge is 2.30. The van der Waals surface area contributed by atoms with Gasteiger partial charge in [-0.3, -0.25) is 0 Å². The molecule has 4 heteroatoms. The smallest absolute Gasteiger partial charge is 0.390 e. The summed E-state index contributed by atoms with van der Waals surface area (Å²) >= 11 is 0. The lowest BCUT2D eigenvalue weighted by Crippen LogP contribution is -2.31. The van der Waals surface area contributed by atoms with Crippen molar-refractivity contribution in [1.29, 1.82) is 0 Å². The van der Waals surface area contributed by atoms with Crippen LogP contribution in [-0.4, -0.2) is 10.7 Å². The van der Waals surface area contributed by atoms with Gasteiger partial charge in [-0.1, -0.05) is 31.4 Å². The first-order chi connectivity index (χ1) is 8.89. The fourth-order valence-corrected chi connectivity index (χ4v) is 2.70. The molecule has 0 radical (unpaired) electrons. The van der Waals surface area contributed by atoms with Crippen LogP contribution in [0.25, 0.3) is 0 Å². The Kier molecular flexibility index (Phi) is 4.19. The lowest BCUT2D eigenvalue weighted by molar-refractivity contribution is -0.137. The molecule has 19 heavy (non-hydrogen) atoms. The summed E-state index contributed by atoms with van der Waals surface area (Å²) in [6.45, 7) is 0. The Morgan fingerprint density at radius 1 is 1.00 bits per heavy atom. The first-order valence-corrected chi connectivity index (χ1v) is 6.78. The van der Waals surface area contributed by atoms with Gasteiger partial charge >= 0.3 is 6.18 Å². The van der Waals surface area contributed by atoms with E-state index < -0.39 is 17.3 Å². The minimum atomic E-state index is -4.28. The molecular formula is C15H19F3O. The van der Waals surface area contributed by atoms with Gasteiger partial charge in [0.25, 0.3) is 0 Å². The maximum absolute atomic E-state index is 12.4. The van der Waals surface area contributed by atoms with Crippen LogP contribution in [0, 0.1) is 0 Å². The second kappa shape index (κ2) is 5.53. The van der Waals surface area contributed by atoms with Gasteiger partial charge in [-0.2, -0.15) is 13.2 Å². The summed E-state index contributed by atoms with van der Waals surface area (Å²) in [5.74, 6) is 0. The summed E-state index contributed by atoms with van der Waals surface area (Å²) in [6, 6.07) is 5.24. The molecule has 1 fully saturated rings. The van der Waals surface area contributed by atoms with E-state index in [1.54, 1.807) is 0 Å². The van der Waals surface area contributed by atoms with Gasteiger partial charge in [-0.05, 0) is 43.4 Å². The molecule has 1 aromatic rings. The Morgan fingerprint density at radius 3 is 2.11 bits per heavy atom. The number of hydrogen-bond acceptors (Lipinski definition) is 1. The molecule has 0 spiro atoms. The first-order valence-electron chi connectivity index (χ1n) is 6.78. The van der Waals surface area contributed by atoms with Crippen LogP contribution >= 0.6 is 0 Å². The summed E-state index contributed by atoms with van der Waals surface area (Å²) in [6.07, 6.45) is 1.88. The zero-order valence-corrected chi connectivity index (χ0v) is 10.8. The quantitative estimate of drug-likeness (QED) is 0.868. The summed E-state index contributed by atoms with van der Waals surface area (Å²) < 4.78 is 37.3. The predicted molar refractivity (Wildman–Crippen MR) is 67.8 cm³/mol. The van der Waals surface area contributed by atoms with Gasteiger partial charge in [0.05, 0.1) is 11.2 Å². The van der Waals surface area contributed by atoms with Crippen molar-refractivity contribution < 1.29 is 18.3 Å². The number of benzene rings is 1. The molecule has 0 saturated heterocycles. The van der Waals surface area contributed by atoms with Crippen molar-refractivity contribution in [1.82, 2.24) is 0 Å². The third-order valence-corrected chi connectivity index (χ3v) is 3.94. The molecule has 1 N–H and O–H groups in total. The van der Waals surface area contributed by atoms with Crippen molar-refractivity contribution in [2.75, 3.05) is 0 Å². The molecule has 0 bridgehead atoms. The molecule has 1 aromatic carbocycles. The van der Waals surface area contributed by atoms with Crippen LogP contribution in [0.5, 0.6) is 0 Å². The summed E-state index contributed by atoms with van der Waals surface area (Å²) in [4.78, 5) is 0. The highest BCUT2D eigenvalue weighted by Crippen LogP contribution is 2.33. The highest BCUT2D eigenvalue weighted by molar-refractivity contribution is 5.24. The van der Waals surface area contributed by atoms with Crippen LogP contribution in [0.4, 0.5) is 13.2 Å². The third-order valence-electron chi connectivity index (χ3n) is 3.94. The zero-order chi connectivity index (χ0) is 13.9. The van der Waals surface area contributed by atoms with Crippen molar-refractivity contribution in [3.05, 3.63) is 35.4 Å². The molecule has 106 valence electrons. The highest BCUT2D eigenvalue weighted by atomic mass is 19.4. The molecule has 0 amide bonds. The van der Waals surface area contributed by atoms with Gasteiger partial charge in [0.2, 0.25) is 0 Å². The lowest BCUT2D eigenvalue weighted by atomic mass is 9.81. The summed E-state index contributed by atoms with van der Waals surface area (Å²) in [7, 11) is 0. The second-order valence-electron chi connectivity index (χ2n) is 5.48. The van der Waals surface area contributed by atoms with Crippen LogP contribution in [-0.2, 0) is 12.6 Å². The Hall–Kier alpha value is -1.03.